The maximum Gasteiger partial charge on any atom is 0.344 e. The van der Waals surface area contributed by atoms with E-state index < -0.39 is 0 Å². The first kappa shape index (κ1) is 12.3. The molecule has 3 rings (SSSR count). The molecule has 0 saturated carbocycles. The van der Waals surface area contributed by atoms with Crippen molar-refractivity contribution in [1.29, 1.82) is 0 Å². The minimum atomic E-state index is -0.293. The average molecular weight is 289 g/mol. The molecule has 1 aliphatic heterocycles. The molecule has 1 aliphatic rings. The first-order valence-electron chi connectivity index (χ1n) is 5.68. The van der Waals surface area contributed by atoms with E-state index in [1.54, 1.807) is 6.07 Å². The molecule has 2 aromatic carbocycles. The van der Waals surface area contributed by atoms with Gasteiger partial charge in [-0.1, -0.05) is 41.6 Å². The van der Waals surface area contributed by atoms with Gasteiger partial charge < -0.3 is 4.74 Å². The minimum absolute atomic E-state index is 0.293. The highest BCUT2D eigenvalue weighted by molar-refractivity contribution is 8.02. The van der Waals surface area contributed by atoms with Crippen molar-refractivity contribution in [3.8, 4) is 0 Å². The van der Waals surface area contributed by atoms with Gasteiger partial charge in [-0.3, -0.25) is 0 Å². The molecule has 94 valence electrons. The van der Waals surface area contributed by atoms with E-state index in [1.165, 1.54) is 11.8 Å². The molecule has 0 saturated heterocycles. The summed E-state index contributed by atoms with van der Waals surface area (Å²) in [4.78, 5) is 12.7. The number of benzene rings is 2. The van der Waals surface area contributed by atoms with Crippen molar-refractivity contribution in [2.75, 3.05) is 0 Å². The van der Waals surface area contributed by atoms with Crippen molar-refractivity contribution in [2.24, 2.45) is 0 Å². The largest absolute Gasteiger partial charge is 0.422 e. The fourth-order valence-corrected chi connectivity index (χ4v) is 2.65. The number of fused-ring (bicyclic) bond motifs is 1. The predicted molar refractivity (Wildman–Crippen MR) is 77.1 cm³/mol. The van der Waals surface area contributed by atoms with Gasteiger partial charge in [0.05, 0.1) is 5.56 Å². The zero-order valence-corrected chi connectivity index (χ0v) is 11.4. The number of thioether (sulfide) groups is 1. The highest BCUT2D eigenvalue weighted by atomic mass is 35.5. The van der Waals surface area contributed by atoms with Crippen molar-refractivity contribution >= 4 is 35.1 Å². The van der Waals surface area contributed by atoms with Crippen LogP contribution in [0.25, 0.3) is 5.76 Å². The number of hydrogen-bond acceptors (Lipinski definition) is 3. The minimum Gasteiger partial charge on any atom is -0.422 e. The van der Waals surface area contributed by atoms with E-state index in [0.29, 0.717) is 16.3 Å². The molecule has 1 heterocycles. The first-order chi connectivity index (χ1) is 9.24. The van der Waals surface area contributed by atoms with E-state index in [0.717, 1.165) is 10.5 Å². The molecule has 0 amide bonds. The fourth-order valence-electron chi connectivity index (χ4n) is 1.81. The summed E-state index contributed by atoms with van der Waals surface area (Å²) in [6.45, 7) is 0. The SMILES string of the molecule is O=C1O/C(=C/Sc2ccc(Cl)cc2)c2ccccc21. The van der Waals surface area contributed by atoms with E-state index in [9.17, 15) is 4.79 Å². The Kier molecular flexibility index (Phi) is 3.32. The number of carbonyl (C=O) groups excluding carboxylic acids is 1. The molecule has 0 aromatic heterocycles. The summed E-state index contributed by atoms with van der Waals surface area (Å²) in [5.41, 5.74) is 1.46. The number of esters is 1. The van der Waals surface area contributed by atoms with Gasteiger partial charge in [-0.25, -0.2) is 4.79 Å². The number of rotatable bonds is 2. The standard InChI is InChI=1S/C15H9ClO2S/c16-10-5-7-11(8-6-10)19-9-14-12-3-1-2-4-13(12)15(17)18-14/h1-9H/b14-9+. The van der Waals surface area contributed by atoms with Gasteiger partial charge in [-0.05, 0) is 30.3 Å². The number of carbonyl (C=O) groups is 1. The van der Waals surface area contributed by atoms with Crippen LogP contribution in [0.3, 0.4) is 0 Å². The van der Waals surface area contributed by atoms with Crippen LogP contribution >= 0.6 is 23.4 Å². The van der Waals surface area contributed by atoms with Crippen LogP contribution in [-0.4, -0.2) is 5.97 Å². The Bertz CT molecular complexity index is 662. The summed E-state index contributed by atoms with van der Waals surface area (Å²) < 4.78 is 5.25. The lowest BCUT2D eigenvalue weighted by atomic mass is 10.1. The fraction of sp³-hybridized carbons (Fsp3) is 0. The molecule has 4 heteroatoms. The third-order valence-electron chi connectivity index (χ3n) is 2.73. The second kappa shape index (κ2) is 5.11. The Hall–Kier alpha value is -1.71. The molecule has 0 bridgehead atoms. The van der Waals surface area contributed by atoms with Crippen molar-refractivity contribution in [3.05, 3.63) is 70.1 Å². The van der Waals surface area contributed by atoms with Crippen molar-refractivity contribution < 1.29 is 9.53 Å². The van der Waals surface area contributed by atoms with Gasteiger partial charge in [0, 0.05) is 20.9 Å². The average Bonchev–Trinajstić information content (AvgIpc) is 2.76. The van der Waals surface area contributed by atoms with Crippen LogP contribution < -0.4 is 0 Å². The molecule has 0 atom stereocenters. The van der Waals surface area contributed by atoms with Gasteiger partial charge in [-0.2, -0.15) is 0 Å². The van der Waals surface area contributed by atoms with E-state index in [2.05, 4.69) is 0 Å². The number of halogens is 1. The Morgan fingerprint density at radius 1 is 1.00 bits per heavy atom. The van der Waals surface area contributed by atoms with Crippen molar-refractivity contribution in [2.45, 2.75) is 4.90 Å². The summed E-state index contributed by atoms with van der Waals surface area (Å²) in [7, 11) is 0. The summed E-state index contributed by atoms with van der Waals surface area (Å²) >= 11 is 7.33. The second-order valence-corrected chi connectivity index (χ2v) is 5.37. The van der Waals surface area contributed by atoms with Gasteiger partial charge in [0.25, 0.3) is 0 Å². The van der Waals surface area contributed by atoms with Gasteiger partial charge >= 0.3 is 5.97 Å². The summed E-state index contributed by atoms with van der Waals surface area (Å²) in [6.07, 6.45) is 0. The molecule has 0 radical (unpaired) electrons. The zero-order valence-electron chi connectivity index (χ0n) is 9.80. The van der Waals surface area contributed by atoms with Gasteiger partial charge in [0.1, 0.15) is 5.76 Å². The number of hydrogen-bond donors (Lipinski definition) is 0. The van der Waals surface area contributed by atoms with Crippen LogP contribution in [0.2, 0.25) is 5.02 Å². The van der Waals surface area contributed by atoms with E-state index in [4.69, 9.17) is 16.3 Å². The zero-order chi connectivity index (χ0) is 13.2. The normalized spacial score (nSPS) is 15.4. The smallest absolute Gasteiger partial charge is 0.344 e. The van der Waals surface area contributed by atoms with Crippen LogP contribution in [0.1, 0.15) is 15.9 Å². The number of ether oxygens (including phenoxy) is 1. The van der Waals surface area contributed by atoms with E-state index in [1.807, 2.05) is 47.9 Å². The summed E-state index contributed by atoms with van der Waals surface area (Å²) in [6, 6.07) is 14.9. The van der Waals surface area contributed by atoms with Gasteiger partial charge in [0.2, 0.25) is 0 Å². The molecule has 0 spiro atoms. The molecule has 0 N–H and O–H groups in total. The van der Waals surface area contributed by atoms with Gasteiger partial charge in [0.15, 0.2) is 0 Å². The summed E-state index contributed by atoms with van der Waals surface area (Å²) in [5.74, 6) is 0.305. The molecule has 0 unspecified atom stereocenters. The van der Waals surface area contributed by atoms with Crippen LogP contribution in [0.15, 0.2) is 58.8 Å². The Labute approximate surface area is 120 Å². The third-order valence-corrected chi connectivity index (χ3v) is 3.86. The number of cyclic esters (lactones) is 1. The molecular formula is C15H9ClO2S. The molecule has 0 fully saturated rings. The Balaban J connectivity index is 1.86. The highest BCUT2D eigenvalue weighted by Gasteiger charge is 2.25. The summed E-state index contributed by atoms with van der Waals surface area (Å²) in [5, 5.41) is 2.54. The first-order valence-corrected chi connectivity index (χ1v) is 6.94. The predicted octanol–water partition coefficient (Wildman–Crippen LogP) is 4.60. The molecule has 2 aromatic rings. The third kappa shape index (κ3) is 2.53. The Morgan fingerprint density at radius 2 is 1.68 bits per heavy atom. The van der Waals surface area contributed by atoms with Crippen molar-refractivity contribution in [1.82, 2.24) is 0 Å². The maximum atomic E-state index is 11.6. The van der Waals surface area contributed by atoms with Crippen LogP contribution in [-0.2, 0) is 4.74 Å². The lowest BCUT2D eigenvalue weighted by Gasteiger charge is -1.99. The topological polar surface area (TPSA) is 26.3 Å². The van der Waals surface area contributed by atoms with Crippen LogP contribution in [0.5, 0.6) is 0 Å². The molecular weight excluding hydrogens is 280 g/mol. The monoisotopic (exact) mass is 288 g/mol. The van der Waals surface area contributed by atoms with Crippen molar-refractivity contribution in [3.63, 3.8) is 0 Å². The van der Waals surface area contributed by atoms with Crippen LogP contribution in [0.4, 0.5) is 0 Å². The second-order valence-electron chi connectivity index (χ2n) is 3.99. The van der Waals surface area contributed by atoms with E-state index in [-0.39, 0.29) is 5.97 Å². The molecule has 0 aliphatic carbocycles. The Morgan fingerprint density at radius 3 is 2.42 bits per heavy atom. The maximum absolute atomic E-state index is 11.6. The molecule has 19 heavy (non-hydrogen) atoms. The highest BCUT2D eigenvalue weighted by Crippen LogP contribution is 2.33. The lowest BCUT2D eigenvalue weighted by Crippen LogP contribution is -1.92. The lowest BCUT2D eigenvalue weighted by molar-refractivity contribution is 0.0716. The quantitative estimate of drug-likeness (QED) is 0.597. The van der Waals surface area contributed by atoms with Gasteiger partial charge in [-0.15, -0.1) is 0 Å². The van der Waals surface area contributed by atoms with Crippen LogP contribution in [0, 0.1) is 0 Å². The van der Waals surface area contributed by atoms with E-state index >= 15 is 0 Å². The molecule has 2 nitrogen and oxygen atoms in total.